The van der Waals surface area contributed by atoms with E-state index in [4.69, 9.17) is 0 Å². The van der Waals surface area contributed by atoms with Gasteiger partial charge in [0.1, 0.15) is 5.82 Å². The third kappa shape index (κ3) is 4.02. The minimum Gasteiger partial charge on any atom is -0.310 e. The summed E-state index contributed by atoms with van der Waals surface area (Å²) in [5, 5.41) is 3.11. The van der Waals surface area contributed by atoms with Gasteiger partial charge >= 0.3 is 0 Å². The van der Waals surface area contributed by atoms with E-state index < -0.39 is 17.5 Å². The molecule has 0 aliphatic carbocycles. The van der Waals surface area contributed by atoms with Gasteiger partial charge in [0.05, 0.1) is 0 Å². The smallest absolute Gasteiger partial charge is 0.161 e. The Morgan fingerprint density at radius 2 is 1.61 bits per heavy atom. The molecule has 0 aliphatic heterocycles. The molecule has 4 heteroatoms. The van der Waals surface area contributed by atoms with Gasteiger partial charge in [-0.3, -0.25) is 0 Å². The van der Waals surface area contributed by atoms with Crippen LogP contribution in [0.1, 0.15) is 45.2 Å². The Morgan fingerprint density at radius 3 is 2.17 bits per heavy atom. The molecule has 1 aromatic carbocycles. The van der Waals surface area contributed by atoms with Crippen molar-refractivity contribution in [3.05, 3.63) is 35.1 Å². The van der Waals surface area contributed by atoms with Crippen molar-refractivity contribution in [3.63, 3.8) is 0 Å². The van der Waals surface area contributed by atoms with Gasteiger partial charge in [-0.1, -0.05) is 20.8 Å². The van der Waals surface area contributed by atoms with Gasteiger partial charge in [-0.25, -0.2) is 13.2 Å². The number of halogens is 3. The molecule has 0 aliphatic rings. The average molecular weight is 259 g/mol. The van der Waals surface area contributed by atoms with Crippen molar-refractivity contribution in [2.45, 2.75) is 39.7 Å². The van der Waals surface area contributed by atoms with Crippen LogP contribution in [0.5, 0.6) is 0 Å². The predicted octanol–water partition coefficient (Wildman–Crippen LogP) is 4.19. The molecule has 0 spiro atoms. The lowest BCUT2D eigenvalue weighted by Gasteiger charge is -2.20. The van der Waals surface area contributed by atoms with Gasteiger partial charge in [0.15, 0.2) is 11.6 Å². The van der Waals surface area contributed by atoms with E-state index in [9.17, 15) is 13.2 Å². The van der Waals surface area contributed by atoms with E-state index in [0.717, 1.165) is 12.5 Å². The minimum atomic E-state index is -1.14. The van der Waals surface area contributed by atoms with Gasteiger partial charge in [0.25, 0.3) is 0 Å². The van der Waals surface area contributed by atoms with Gasteiger partial charge < -0.3 is 5.32 Å². The summed E-state index contributed by atoms with van der Waals surface area (Å²) in [5.74, 6) is -2.35. The Labute approximate surface area is 106 Å². The lowest BCUT2D eigenvalue weighted by molar-refractivity contribution is 0.424. The second-order valence-electron chi connectivity index (χ2n) is 4.87. The van der Waals surface area contributed by atoms with Gasteiger partial charge in [-0.15, -0.1) is 0 Å². The number of hydrogen-bond acceptors (Lipinski definition) is 1. The molecule has 102 valence electrons. The Balaban J connectivity index is 2.94. The number of rotatable bonds is 6. The number of benzene rings is 1. The van der Waals surface area contributed by atoms with Gasteiger partial charge in [0, 0.05) is 17.7 Å². The first kappa shape index (κ1) is 15.0. The highest BCUT2D eigenvalue weighted by molar-refractivity contribution is 5.23. The summed E-state index contributed by atoms with van der Waals surface area (Å²) < 4.78 is 39.8. The average Bonchev–Trinajstić information content (AvgIpc) is 2.29. The van der Waals surface area contributed by atoms with Crippen LogP contribution in [0, 0.1) is 23.4 Å². The normalized spacial score (nSPS) is 13.1. The van der Waals surface area contributed by atoms with E-state index >= 15 is 0 Å². The zero-order valence-corrected chi connectivity index (χ0v) is 11.1. The molecule has 0 aromatic heterocycles. The van der Waals surface area contributed by atoms with Crippen molar-refractivity contribution in [1.82, 2.24) is 5.32 Å². The van der Waals surface area contributed by atoms with Crippen LogP contribution in [0.4, 0.5) is 13.2 Å². The lowest BCUT2D eigenvalue weighted by atomic mass is 9.97. The molecule has 18 heavy (non-hydrogen) atoms. The largest absolute Gasteiger partial charge is 0.310 e. The Hall–Kier alpha value is -1.03. The van der Waals surface area contributed by atoms with E-state index in [0.29, 0.717) is 24.9 Å². The highest BCUT2D eigenvalue weighted by Gasteiger charge is 2.18. The van der Waals surface area contributed by atoms with E-state index in [1.165, 1.54) is 0 Å². The molecule has 1 nitrogen and oxygen atoms in total. The summed E-state index contributed by atoms with van der Waals surface area (Å²) in [6, 6.07) is 1.30. The highest BCUT2D eigenvalue weighted by atomic mass is 19.2. The van der Waals surface area contributed by atoms with Crippen LogP contribution < -0.4 is 5.32 Å². The molecule has 1 rings (SSSR count). The molecule has 1 N–H and O–H groups in total. The molecular weight excluding hydrogens is 239 g/mol. The van der Waals surface area contributed by atoms with Crippen molar-refractivity contribution < 1.29 is 13.2 Å². The van der Waals surface area contributed by atoms with Crippen LogP contribution in [-0.2, 0) is 0 Å². The van der Waals surface area contributed by atoms with Crippen LogP contribution >= 0.6 is 0 Å². The van der Waals surface area contributed by atoms with Crippen molar-refractivity contribution in [2.24, 2.45) is 5.92 Å². The van der Waals surface area contributed by atoms with Crippen molar-refractivity contribution in [1.29, 1.82) is 0 Å². The third-order valence-corrected chi connectivity index (χ3v) is 2.90. The third-order valence-electron chi connectivity index (χ3n) is 2.90. The monoisotopic (exact) mass is 259 g/mol. The van der Waals surface area contributed by atoms with Crippen molar-refractivity contribution in [3.8, 4) is 0 Å². The number of nitrogens with one attached hydrogen (secondary N) is 1. The standard InChI is InChI=1S/C14H20F3N/c1-4-18-14(6-5-9(2)3)10-7-12(16)13(17)8-11(10)15/h7-9,14,18H,4-6H2,1-3H3. The number of hydrogen-bond donors (Lipinski definition) is 1. The molecule has 1 atom stereocenters. The quantitative estimate of drug-likeness (QED) is 0.755. The van der Waals surface area contributed by atoms with E-state index in [2.05, 4.69) is 19.2 Å². The zero-order valence-electron chi connectivity index (χ0n) is 11.1. The second-order valence-corrected chi connectivity index (χ2v) is 4.87. The van der Waals surface area contributed by atoms with E-state index in [-0.39, 0.29) is 11.6 Å². The zero-order chi connectivity index (χ0) is 13.7. The molecule has 0 heterocycles. The topological polar surface area (TPSA) is 12.0 Å². The highest BCUT2D eigenvalue weighted by Crippen LogP contribution is 2.25. The predicted molar refractivity (Wildman–Crippen MR) is 66.8 cm³/mol. The van der Waals surface area contributed by atoms with Gasteiger partial charge in [0.2, 0.25) is 0 Å². The van der Waals surface area contributed by atoms with Crippen LogP contribution in [0.25, 0.3) is 0 Å². The molecule has 1 aromatic rings. The summed E-state index contributed by atoms with van der Waals surface area (Å²) in [7, 11) is 0. The summed E-state index contributed by atoms with van der Waals surface area (Å²) in [6.45, 7) is 6.70. The first-order valence-corrected chi connectivity index (χ1v) is 6.33. The molecule has 0 saturated heterocycles. The summed E-state index contributed by atoms with van der Waals surface area (Å²) in [6.07, 6.45) is 1.60. The van der Waals surface area contributed by atoms with Crippen LogP contribution in [-0.4, -0.2) is 6.54 Å². The fourth-order valence-corrected chi connectivity index (χ4v) is 1.92. The summed E-state index contributed by atoms with van der Waals surface area (Å²) in [4.78, 5) is 0. The fourth-order valence-electron chi connectivity index (χ4n) is 1.92. The Morgan fingerprint density at radius 1 is 1.00 bits per heavy atom. The molecule has 0 amide bonds. The molecule has 0 radical (unpaired) electrons. The Bertz CT molecular complexity index is 391. The van der Waals surface area contributed by atoms with Crippen molar-refractivity contribution in [2.75, 3.05) is 6.54 Å². The van der Waals surface area contributed by atoms with E-state index in [1.54, 1.807) is 0 Å². The molecule has 1 unspecified atom stereocenters. The first-order valence-electron chi connectivity index (χ1n) is 6.33. The maximum Gasteiger partial charge on any atom is 0.161 e. The maximum absolute atomic E-state index is 13.7. The molecular formula is C14H20F3N. The summed E-state index contributed by atoms with van der Waals surface area (Å²) in [5.41, 5.74) is 0.205. The maximum atomic E-state index is 13.7. The van der Waals surface area contributed by atoms with Crippen molar-refractivity contribution >= 4 is 0 Å². The van der Waals surface area contributed by atoms with Crippen LogP contribution in [0.2, 0.25) is 0 Å². The fraction of sp³-hybridized carbons (Fsp3) is 0.571. The molecule has 0 bridgehead atoms. The SMILES string of the molecule is CCNC(CCC(C)C)c1cc(F)c(F)cc1F. The molecule has 0 fully saturated rings. The van der Waals surface area contributed by atoms with Gasteiger partial charge in [-0.05, 0) is 31.4 Å². The van der Waals surface area contributed by atoms with Gasteiger partial charge in [-0.2, -0.15) is 0 Å². The summed E-state index contributed by atoms with van der Waals surface area (Å²) >= 11 is 0. The van der Waals surface area contributed by atoms with Crippen LogP contribution in [0.3, 0.4) is 0 Å². The minimum absolute atomic E-state index is 0.205. The lowest BCUT2D eigenvalue weighted by Crippen LogP contribution is -2.22. The second kappa shape index (κ2) is 6.78. The Kier molecular flexibility index (Phi) is 5.66. The van der Waals surface area contributed by atoms with Crippen LogP contribution in [0.15, 0.2) is 12.1 Å². The first-order chi connectivity index (χ1) is 8.45. The molecule has 0 saturated carbocycles. The van der Waals surface area contributed by atoms with E-state index in [1.807, 2.05) is 6.92 Å².